The van der Waals surface area contributed by atoms with Crippen LogP contribution < -0.4 is 5.32 Å². The number of halogens is 2. The minimum absolute atomic E-state index is 0.470. The van der Waals surface area contributed by atoms with Crippen molar-refractivity contribution in [2.45, 2.75) is 50.0 Å². The summed E-state index contributed by atoms with van der Waals surface area (Å²) >= 11 is 1.51. The lowest BCUT2D eigenvalue weighted by atomic mass is 9.96. The highest BCUT2D eigenvalue weighted by Crippen LogP contribution is 2.22. The van der Waals surface area contributed by atoms with Gasteiger partial charge < -0.3 is 0 Å². The lowest BCUT2D eigenvalue weighted by Gasteiger charge is -2.22. The minimum atomic E-state index is -0.814. The Morgan fingerprint density at radius 1 is 1.29 bits per heavy atom. The van der Waals surface area contributed by atoms with Crippen LogP contribution in [0.15, 0.2) is 23.1 Å². The van der Waals surface area contributed by atoms with E-state index in [1.165, 1.54) is 17.8 Å². The summed E-state index contributed by atoms with van der Waals surface area (Å²) in [5.74, 6) is -0.785. The standard InChI is InChI=1S/C16H22F2N2S/c1-3-9-20-16(2,12-19)8-4-5-10-21-13-6-7-14(17)15(18)11-13/h6-7,11,20H,3-5,8-10H2,1-2H3. The van der Waals surface area contributed by atoms with Crippen molar-refractivity contribution in [3.8, 4) is 6.07 Å². The van der Waals surface area contributed by atoms with Crippen molar-refractivity contribution in [1.29, 1.82) is 5.26 Å². The molecule has 0 amide bonds. The fourth-order valence-corrected chi connectivity index (χ4v) is 2.86. The van der Waals surface area contributed by atoms with Gasteiger partial charge in [-0.3, -0.25) is 5.32 Å². The number of rotatable bonds is 9. The van der Waals surface area contributed by atoms with Crippen LogP contribution >= 0.6 is 11.8 Å². The van der Waals surface area contributed by atoms with Crippen molar-refractivity contribution in [2.24, 2.45) is 0 Å². The maximum Gasteiger partial charge on any atom is 0.159 e. The van der Waals surface area contributed by atoms with E-state index < -0.39 is 17.2 Å². The van der Waals surface area contributed by atoms with Gasteiger partial charge in [0, 0.05) is 4.90 Å². The third kappa shape index (κ3) is 6.45. The summed E-state index contributed by atoms with van der Waals surface area (Å²) in [6.45, 7) is 4.84. The molecule has 0 radical (unpaired) electrons. The highest BCUT2D eigenvalue weighted by atomic mass is 32.2. The molecule has 1 rings (SSSR count). The van der Waals surface area contributed by atoms with E-state index in [1.807, 2.05) is 6.92 Å². The molecule has 0 saturated carbocycles. The van der Waals surface area contributed by atoms with Gasteiger partial charge in [0.25, 0.3) is 0 Å². The van der Waals surface area contributed by atoms with E-state index in [0.717, 1.165) is 48.9 Å². The SMILES string of the molecule is CCCNC(C)(C#N)CCCCSc1ccc(F)c(F)c1. The summed E-state index contributed by atoms with van der Waals surface area (Å²) in [4.78, 5) is 0.737. The monoisotopic (exact) mass is 312 g/mol. The van der Waals surface area contributed by atoms with Gasteiger partial charge in [-0.2, -0.15) is 5.26 Å². The molecule has 2 nitrogen and oxygen atoms in total. The zero-order valence-corrected chi connectivity index (χ0v) is 13.4. The molecule has 0 bridgehead atoms. The van der Waals surface area contributed by atoms with Gasteiger partial charge in [-0.25, -0.2) is 8.78 Å². The Kier molecular flexibility index (Phi) is 7.69. The third-order valence-electron chi connectivity index (χ3n) is 3.24. The molecule has 0 aliphatic rings. The fraction of sp³-hybridized carbons (Fsp3) is 0.562. The first-order valence-corrected chi connectivity index (χ1v) is 8.23. The van der Waals surface area contributed by atoms with E-state index >= 15 is 0 Å². The average Bonchev–Trinajstić information content (AvgIpc) is 2.48. The second kappa shape index (κ2) is 9.01. The van der Waals surface area contributed by atoms with Crippen LogP contribution in [0.1, 0.15) is 39.5 Å². The number of benzene rings is 1. The Morgan fingerprint density at radius 3 is 2.67 bits per heavy atom. The number of thioether (sulfide) groups is 1. The molecule has 0 fully saturated rings. The zero-order valence-electron chi connectivity index (χ0n) is 12.6. The minimum Gasteiger partial charge on any atom is -0.300 e. The van der Waals surface area contributed by atoms with Crippen LogP contribution in [0, 0.1) is 23.0 Å². The molecule has 0 aliphatic heterocycles. The van der Waals surface area contributed by atoms with Gasteiger partial charge in [-0.05, 0) is 63.1 Å². The molecule has 0 aromatic heterocycles. The summed E-state index contributed by atoms with van der Waals surface area (Å²) in [6, 6.07) is 6.29. The van der Waals surface area contributed by atoms with Crippen LogP contribution in [0.5, 0.6) is 0 Å². The molecule has 5 heteroatoms. The summed E-state index contributed by atoms with van der Waals surface area (Å²) in [7, 11) is 0. The highest BCUT2D eigenvalue weighted by Gasteiger charge is 2.21. The van der Waals surface area contributed by atoms with E-state index in [2.05, 4.69) is 18.3 Å². The summed E-state index contributed by atoms with van der Waals surface area (Å²) in [6.07, 6.45) is 3.66. The van der Waals surface area contributed by atoms with Gasteiger partial charge in [-0.15, -0.1) is 11.8 Å². The van der Waals surface area contributed by atoms with E-state index in [9.17, 15) is 14.0 Å². The van der Waals surface area contributed by atoms with Gasteiger partial charge in [-0.1, -0.05) is 6.92 Å². The third-order valence-corrected chi connectivity index (χ3v) is 4.32. The molecule has 1 N–H and O–H groups in total. The molecule has 0 spiro atoms. The van der Waals surface area contributed by atoms with Crippen molar-refractivity contribution in [1.82, 2.24) is 5.32 Å². The lowest BCUT2D eigenvalue weighted by molar-refractivity contribution is 0.406. The van der Waals surface area contributed by atoms with E-state index in [0.29, 0.717) is 0 Å². The second-order valence-corrected chi connectivity index (χ2v) is 6.42. The molecule has 1 atom stereocenters. The van der Waals surface area contributed by atoms with E-state index in [1.54, 1.807) is 6.07 Å². The van der Waals surface area contributed by atoms with Gasteiger partial charge in [0.05, 0.1) is 6.07 Å². The van der Waals surface area contributed by atoms with Crippen LogP contribution in [-0.4, -0.2) is 17.8 Å². The largest absolute Gasteiger partial charge is 0.300 e. The van der Waals surface area contributed by atoms with E-state index in [4.69, 9.17) is 0 Å². The Labute approximate surface area is 129 Å². The number of nitrogens with zero attached hydrogens (tertiary/aromatic N) is 1. The van der Waals surface area contributed by atoms with E-state index in [-0.39, 0.29) is 0 Å². The zero-order chi connectivity index (χ0) is 15.7. The van der Waals surface area contributed by atoms with Crippen molar-refractivity contribution in [3.05, 3.63) is 29.8 Å². The molecule has 0 aliphatic carbocycles. The van der Waals surface area contributed by atoms with Gasteiger partial charge in [0.1, 0.15) is 5.54 Å². The second-order valence-electron chi connectivity index (χ2n) is 5.25. The predicted octanol–water partition coefficient (Wildman–Crippen LogP) is 4.51. The molecule has 1 aromatic rings. The molecular weight excluding hydrogens is 290 g/mol. The van der Waals surface area contributed by atoms with Crippen LogP contribution in [-0.2, 0) is 0 Å². The lowest BCUT2D eigenvalue weighted by Crippen LogP contribution is -2.41. The van der Waals surface area contributed by atoms with Crippen molar-refractivity contribution >= 4 is 11.8 Å². The number of nitriles is 1. The fourth-order valence-electron chi connectivity index (χ4n) is 1.92. The summed E-state index contributed by atoms with van der Waals surface area (Å²) in [5, 5.41) is 12.5. The van der Waals surface area contributed by atoms with Crippen molar-refractivity contribution < 1.29 is 8.78 Å². The Bertz CT molecular complexity index is 488. The number of hydrogen-bond donors (Lipinski definition) is 1. The van der Waals surface area contributed by atoms with Crippen LogP contribution in [0.3, 0.4) is 0 Å². The molecule has 0 heterocycles. The predicted molar refractivity (Wildman–Crippen MR) is 83.2 cm³/mol. The number of nitrogens with one attached hydrogen (secondary N) is 1. The quantitative estimate of drug-likeness (QED) is 0.538. The number of unbranched alkanes of at least 4 members (excludes halogenated alkanes) is 1. The van der Waals surface area contributed by atoms with Crippen LogP contribution in [0.25, 0.3) is 0 Å². The summed E-state index contributed by atoms with van der Waals surface area (Å²) in [5.41, 5.74) is -0.470. The summed E-state index contributed by atoms with van der Waals surface area (Å²) < 4.78 is 25.8. The Balaban J connectivity index is 2.27. The first-order chi connectivity index (χ1) is 10.0. The van der Waals surface area contributed by atoms with Crippen molar-refractivity contribution in [3.63, 3.8) is 0 Å². The van der Waals surface area contributed by atoms with Gasteiger partial charge in [0.2, 0.25) is 0 Å². The first-order valence-electron chi connectivity index (χ1n) is 7.25. The average molecular weight is 312 g/mol. The molecular formula is C16H22F2N2S. The normalized spacial score (nSPS) is 13.7. The maximum absolute atomic E-state index is 13.0. The van der Waals surface area contributed by atoms with Crippen molar-refractivity contribution in [2.75, 3.05) is 12.3 Å². The molecule has 21 heavy (non-hydrogen) atoms. The topological polar surface area (TPSA) is 35.8 Å². The molecule has 0 saturated heterocycles. The highest BCUT2D eigenvalue weighted by molar-refractivity contribution is 7.99. The maximum atomic E-state index is 13.0. The number of hydrogen-bond acceptors (Lipinski definition) is 3. The van der Waals surface area contributed by atoms with Gasteiger partial charge in [0.15, 0.2) is 11.6 Å². The Morgan fingerprint density at radius 2 is 2.05 bits per heavy atom. The van der Waals surface area contributed by atoms with Crippen LogP contribution in [0.2, 0.25) is 0 Å². The molecule has 1 unspecified atom stereocenters. The first kappa shape index (κ1) is 17.9. The Hall–Kier alpha value is -1.12. The van der Waals surface area contributed by atoms with Gasteiger partial charge >= 0.3 is 0 Å². The van der Waals surface area contributed by atoms with Crippen LogP contribution in [0.4, 0.5) is 8.78 Å². The molecule has 1 aromatic carbocycles. The smallest absolute Gasteiger partial charge is 0.159 e. The molecule has 116 valence electrons.